The van der Waals surface area contributed by atoms with Crippen molar-refractivity contribution in [2.24, 2.45) is 0 Å². The van der Waals surface area contributed by atoms with E-state index in [0.29, 0.717) is 49.7 Å². The molecule has 12 heteroatoms. The molecule has 2 aliphatic rings. The second-order valence-corrected chi connectivity index (χ2v) is 14.5. The minimum absolute atomic E-state index is 0.176. The normalized spacial score (nSPS) is 18.3. The highest BCUT2D eigenvalue weighted by Crippen LogP contribution is 2.39. The van der Waals surface area contributed by atoms with E-state index in [1.807, 2.05) is 53.1 Å². The Morgan fingerprint density at radius 1 is 1.02 bits per heavy atom. The molecule has 5 aromatic rings. The number of urea groups is 1. The summed E-state index contributed by atoms with van der Waals surface area (Å²) in [6.07, 6.45) is 3.18. The van der Waals surface area contributed by atoms with E-state index < -0.39 is 0 Å². The van der Waals surface area contributed by atoms with Crippen molar-refractivity contribution in [2.45, 2.75) is 77.5 Å². The number of fused-ring (bicyclic) bond motifs is 2. The lowest BCUT2D eigenvalue weighted by Crippen LogP contribution is -2.36. The smallest absolute Gasteiger partial charge is 0.320 e. The van der Waals surface area contributed by atoms with Gasteiger partial charge >= 0.3 is 6.03 Å². The third kappa shape index (κ3) is 7.08. The molecule has 2 unspecified atom stereocenters. The molecule has 0 radical (unpaired) electrons. The summed E-state index contributed by atoms with van der Waals surface area (Å²) in [7, 11) is 0. The van der Waals surface area contributed by atoms with Gasteiger partial charge in [0.25, 0.3) is 0 Å². The summed E-state index contributed by atoms with van der Waals surface area (Å²) < 4.78 is 30.7. The molecule has 3 aromatic heterocycles. The predicted molar refractivity (Wildman–Crippen MR) is 189 cm³/mol. The Hall–Kier alpha value is -4.81. The maximum atomic E-state index is 15.0. The van der Waals surface area contributed by atoms with E-state index in [2.05, 4.69) is 66.4 Å². The van der Waals surface area contributed by atoms with Gasteiger partial charge in [-0.15, -0.1) is 10.2 Å². The Morgan fingerprint density at radius 3 is 2.56 bits per heavy atom. The summed E-state index contributed by atoms with van der Waals surface area (Å²) in [4.78, 5) is 15.9. The maximum absolute atomic E-state index is 15.0. The van der Waals surface area contributed by atoms with E-state index in [9.17, 15) is 9.18 Å². The van der Waals surface area contributed by atoms with E-state index in [-0.39, 0.29) is 35.3 Å². The molecule has 4 heterocycles. The topological polar surface area (TPSA) is 111 Å². The summed E-state index contributed by atoms with van der Waals surface area (Å²) in [5.41, 5.74) is 4.61. The van der Waals surface area contributed by atoms with Crippen molar-refractivity contribution in [3.63, 3.8) is 0 Å². The van der Waals surface area contributed by atoms with Gasteiger partial charge in [0.2, 0.25) is 0 Å². The number of benzene rings is 2. The average Bonchev–Trinajstić information content (AvgIpc) is 3.72. The number of halogens is 1. The molecular formula is C38H45FN8O3. The Kier molecular flexibility index (Phi) is 9.32. The van der Waals surface area contributed by atoms with Crippen molar-refractivity contribution >= 4 is 17.5 Å². The quantitative estimate of drug-likeness (QED) is 0.180. The van der Waals surface area contributed by atoms with Crippen LogP contribution < -0.4 is 15.4 Å². The van der Waals surface area contributed by atoms with Gasteiger partial charge in [-0.1, -0.05) is 58.9 Å². The highest BCUT2D eigenvalue weighted by molar-refractivity contribution is 5.89. The Morgan fingerprint density at radius 2 is 1.80 bits per heavy atom. The Bertz CT molecular complexity index is 1990. The van der Waals surface area contributed by atoms with E-state index in [4.69, 9.17) is 14.6 Å². The van der Waals surface area contributed by atoms with Crippen LogP contribution in [-0.4, -0.2) is 61.6 Å². The van der Waals surface area contributed by atoms with Gasteiger partial charge in [-0.2, -0.15) is 5.10 Å². The lowest BCUT2D eigenvalue weighted by atomic mass is 9.85. The number of aromatic nitrogens is 5. The molecule has 2 amide bonds. The molecule has 50 heavy (non-hydrogen) atoms. The molecule has 0 saturated carbocycles. The van der Waals surface area contributed by atoms with Gasteiger partial charge in [0.15, 0.2) is 5.65 Å². The lowest BCUT2D eigenvalue weighted by Gasteiger charge is -2.32. The number of hydrogen-bond donors (Lipinski definition) is 2. The number of nitrogens with one attached hydrogen (secondary N) is 2. The zero-order valence-corrected chi connectivity index (χ0v) is 29.3. The second-order valence-electron chi connectivity index (χ2n) is 14.5. The van der Waals surface area contributed by atoms with Crippen molar-refractivity contribution in [2.75, 3.05) is 31.6 Å². The van der Waals surface area contributed by atoms with Crippen molar-refractivity contribution in [3.8, 4) is 11.4 Å². The second kappa shape index (κ2) is 13.8. The van der Waals surface area contributed by atoms with Gasteiger partial charge < -0.3 is 14.8 Å². The number of hydrogen-bond acceptors (Lipinski definition) is 7. The van der Waals surface area contributed by atoms with Crippen LogP contribution in [0.25, 0.3) is 11.3 Å². The van der Waals surface area contributed by atoms with Gasteiger partial charge in [-0.05, 0) is 54.3 Å². The molecule has 1 aliphatic heterocycles. The molecule has 1 aliphatic carbocycles. The SMILES string of the molecule is CC(C)c1nnc2ccc(OC3CCC(NC(=O)Nc4cc(C(C)(C)C)nn4-c4ccc(F)c(CN5CCOCC5)c4)c4ccccc43)cn12. The van der Waals surface area contributed by atoms with Gasteiger partial charge in [-0.25, -0.2) is 13.9 Å². The van der Waals surface area contributed by atoms with Crippen molar-refractivity contribution in [3.05, 3.63) is 101 Å². The molecule has 0 spiro atoms. The van der Waals surface area contributed by atoms with Crippen LogP contribution in [0.3, 0.4) is 0 Å². The third-order valence-corrected chi connectivity index (χ3v) is 9.43. The van der Waals surface area contributed by atoms with Crippen LogP contribution in [-0.2, 0) is 16.7 Å². The van der Waals surface area contributed by atoms with Gasteiger partial charge in [-0.3, -0.25) is 14.6 Å². The molecular weight excluding hydrogens is 635 g/mol. The first-order valence-corrected chi connectivity index (χ1v) is 17.4. The van der Waals surface area contributed by atoms with Gasteiger partial charge in [0.1, 0.15) is 29.3 Å². The van der Waals surface area contributed by atoms with Crippen LogP contribution >= 0.6 is 0 Å². The number of morpholine rings is 1. The van der Waals surface area contributed by atoms with Crippen molar-refractivity contribution < 1.29 is 18.7 Å². The monoisotopic (exact) mass is 680 g/mol. The lowest BCUT2D eigenvalue weighted by molar-refractivity contribution is 0.0337. The maximum Gasteiger partial charge on any atom is 0.320 e. The standard InChI is InChI=1S/C38H45FN8O3/c1-24(2)36-43-42-34-15-11-27(23-46(34)36)50-32-14-13-31(28-8-6-7-9-29(28)32)40-37(48)41-35-21-33(38(3,4)5)44-47(35)26-10-12-30(39)25(20-26)22-45-16-18-49-19-17-45/h6-12,15,20-21,23-24,31-32H,13-14,16-19,22H2,1-5H3,(H2,40,41,48). The minimum atomic E-state index is -0.347. The molecule has 2 N–H and O–H groups in total. The van der Waals surface area contributed by atoms with Crippen molar-refractivity contribution in [1.82, 2.24) is 34.6 Å². The molecule has 2 aromatic carbocycles. The number of anilines is 1. The molecule has 0 bridgehead atoms. The first-order chi connectivity index (χ1) is 24.0. The Labute approximate surface area is 291 Å². The predicted octanol–water partition coefficient (Wildman–Crippen LogP) is 7.08. The molecule has 11 nitrogen and oxygen atoms in total. The summed E-state index contributed by atoms with van der Waals surface area (Å²) in [6.45, 7) is 13.6. The molecule has 1 fully saturated rings. The highest BCUT2D eigenvalue weighted by atomic mass is 19.1. The average molecular weight is 681 g/mol. The number of nitrogens with zero attached hydrogens (tertiary/aromatic N) is 6. The molecule has 2 atom stereocenters. The fourth-order valence-electron chi connectivity index (χ4n) is 6.70. The number of pyridine rings is 1. The van der Waals surface area contributed by atoms with E-state index in [0.717, 1.165) is 47.1 Å². The highest BCUT2D eigenvalue weighted by Gasteiger charge is 2.30. The summed E-state index contributed by atoms with van der Waals surface area (Å²) in [5.74, 6) is 2.08. The summed E-state index contributed by atoms with van der Waals surface area (Å²) in [5, 5.41) is 19.8. The van der Waals surface area contributed by atoms with E-state index in [1.54, 1.807) is 10.7 Å². The molecule has 262 valence electrons. The van der Waals surface area contributed by atoms with Gasteiger partial charge in [0, 0.05) is 42.6 Å². The largest absolute Gasteiger partial charge is 0.484 e. The zero-order chi connectivity index (χ0) is 35.0. The van der Waals surface area contributed by atoms with Crippen LogP contribution in [0.1, 0.15) is 93.7 Å². The number of carbonyl (C=O) groups is 1. The van der Waals surface area contributed by atoms with Crippen LogP contribution in [0.15, 0.2) is 66.9 Å². The summed E-state index contributed by atoms with van der Waals surface area (Å²) in [6, 6.07) is 18.3. The van der Waals surface area contributed by atoms with Crippen LogP contribution in [0.2, 0.25) is 0 Å². The van der Waals surface area contributed by atoms with Gasteiger partial charge in [0.05, 0.1) is 36.8 Å². The number of amides is 2. The van der Waals surface area contributed by atoms with Crippen LogP contribution in [0.4, 0.5) is 15.0 Å². The fraction of sp³-hybridized carbons (Fsp3) is 0.421. The number of carbonyl (C=O) groups excluding carboxylic acids is 1. The molecule has 1 saturated heterocycles. The van der Waals surface area contributed by atoms with E-state index >= 15 is 0 Å². The number of ether oxygens (including phenoxy) is 2. The molecule has 7 rings (SSSR count). The van der Waals surface area contributed by atoms with Crippen molar-refractivity contribution in [1.29, 1.82) is 0 Å². The zero-order valence-electron chi connectivity index (χ0n) is 29.3. The fourth-order valence-corrected chi connectivity index (χ4v) is 6.70. The first-order valence-electron chi connectivity index (χ1n) is 17.4. The van der Waals surface area contributed by atoms with Crippen LogP contribution in [0, 0.1) is 5.82 Å². The Balaban J connectivity index is 1.10. The minimum Gasteiger partial charge on any atom is -0.484 e. The van der Waals surface area contributed by atoms with Crippen LogP contribution in [0.5, 0.6) is 5.75 Å². The summed E-state index contributed by atoms with van der Waals surface area (Å²) >= 11 is 0. The third-order valence-electron chi connectivity index (χ3n) is 9.43. The van der Waals surface area contributed by atoms with E-state index in [1.165, 1.54) is 6.07 Å². The first kappa shape index (κ1) is 33.7. The number of rotatable bonds is 8.